The first-order chi connectivity index (χ1) is 5.29. The van der Waals surface area contributed by atoms with Crippen molar-refractivity contribution in [1.82, 2.24) is 0 Å². The van der Waals surface area contributed by atoms with Gasteiger partial charge in [-0.1, -0.05) is 12.1 Å². The van der Waals surface area contributed by atoms with Crippen molar-refractivity contribution in [1.29, 1.82) is 0 Å². The van der Waals surface area contributed by atoms with Crippen molar-refractivity contribution >= 4 is 12.4 Å². The van der Waals surface area contributed by atoms with Crippen LogP contribution in [0.2, 0.25) is 0 Å². The lowest BCUT2D eigenvalue weighted by Gasteiger charge is -2.06. The Morgan fingerprint density at radius 3 is 2.25 bits per heavy atom. The molecule has 0 spiro atoms. The van der Waals surface area contributed by atoms with Gasteiger partial charge in [-0.25, -0.2) is 0 Å². The van der Waals surface area contributed by atoms with E-state index in [1.165, 1.54) is 0 Å². The maximum absolute atomic E-state index is 9.29. The lowest BCUT2D eigenvalue weighted by Crippen LogP contribution is -2.05. The highest BCUT2D eigenvalue weighted by molar-refractivity contribution is 5.85. The van der Waals surface area contributed by atoms with Crippen molar-refractivity contribution in [2.24, 2.45) is 11.5 Å². The molecule has 0 saturated heterocycles. The number of rotatable bonds is 2. The van der Waals surface area contributed by atoms with Gasteiger partial charge < -0.3 is 16.6 Å². The fourth-order valence-electron chi connectivity index (χ4n) is 1.05. The van der Waals surface area contributed by atoms with Crippen LogP contribution < -0.4 is 11.5 Å². The highest BCUT2D eigenvalue weighted by Gasteiger charge is 2.02. The average molecular weight is 189 g/mol. The zero-order valence-electron chi connectivity index (χ0n) is 6.66. The molecule has 0 atom stereocenters. The molecule has 4 heteroatoms. The third kappa shape index (κ3) is 2.11. The van der Waals surface area contributed by atoms with Gasteiger partial charge in [-0.05, 0) is 11.6 Å². The largest absolute Gasteiger partial charge is 0.508 e. The Kier molecular flexibility index (Phi) is 4.66. The topological polar surface area (TPSA) is 72.3 Å². The molecule has 12 heavy (non-hydrogen) atoms. The van der Waals surface area contributed by atoms with E-state index in [9.17, 15) is 5.11 Å². The molecule has 0 aliphatic rings. The number of aromatic hydroxyl groups is 1. The summed E-state index contributed by atoms with van der Waals surface area (Å²) < 4.78 is 0. The van der Waals surface area contributed by atoms with E-state index in [0.717, 1.165) is 11.1 Å². The predicted octanol–water partition coefficient (Wildman–Crippen LogP) is 0.731. The Morgan fingerprint density at radius 2 is 1.83 bits per heavy atom. The normalized spacial score (nSPS) is 9.17. The van der Waals surface area contributed by atoms with E-state index in [0.29, 0.717) is 13.1 Å². The van der Waals surface area contributed by atoms with Gasteiger partial charge in [0, 0.05) is 18.7 Å². The molecule has 0 aliphatic carbocycles. The van der Waals surface area contributed by atoms with Crippen LogP contribution in [0.5, 0.6) is 5.75 Å². The Morgan fingerprint density at radius 1 is 1.17 bits per heavy atom. The molecule has 1 aromatic rings. The summed E-state index contributed by atoms with van der Waals surface area (Å²) in [5.41, 5.74) is 12.5. The van der Waals surface area contributed by atoms with Gasteiger partial charge in [0.2, 0.25) is 0 Å². The van der Waals surface area contributed by atoms with E-state index in [1.807, 2.05) is 6.07 Å². The first kappa shape index (κ1) is 11.2. The smallest absolute Gasteiger partial charge is 0.120 e. The molecule has 68 valence electrons. The number of nitrogens with two attached hydrogens (primary N) is 2. The minimum atomic E-state index is 0. The standard InChI is InChI=1S/C8H12N2O.ClH/c9-4-6-2-1-3-8(11)7(6)5-10;/h1-3,11H,4-5,9-10H2;1H. The summed E-state index contributed by atoms with van der Waals surface area (Å²) in [4.78, 5) is 0. The lowest BCUT2D eigenvalue weighted by atomic mass is 10.1. The third-order valence-electron chi connectivity index (χ3n) is 1.67. The van der Waals surface area contributed by atoms with E-state index in [-0.39, 0.29) is 18.2 Å². The van der Waals surface area contributed by atoms with Crippen LogP contribution in [0.3, 0.4) is 0 Å². The quantitative estimate of drug-likeness (QED) is 0.641. The van der Waals surface area contributed by atoms with Crippen LogP contribution in [0.1, 0.15) is 11.1 Å². The molecule has 5 N–H and O–H groups in total. The fraction of sp³-hybridized carbons (Fsp3) is 0.250. The molecule has 1 aromatic carbocycles. The summed E-state index contributed by atoms with van der Waals surface area (Å²) in [7, 11) is 0. The van der Waals surface area contributed by atoms with Gasteiger partial charge in [-0.2, -0.15) is 0 Å². The highest BCUT2D eigenvalue weighted by atomic mass is 35.5. The molecule has 3 nitrogen and oxygen atoms in total. The maximum Gasteiger partial charge on any atom is 0.120 e. The van der Waals surface area contributed by atoms with E-state index in [2.05, 4.69) is 0 Å². The zero-order chi connectivity index (χ0) is 8.27. The first-order valence-electron chi connectivity index (χ1n) is 3.49. The molecule has 0 aromatic heterocycles. The van der Waals surface area contributed by atoms with Crippen LogP contribution in [0.15, 0.2) is 18.2 Å². The van der Waals surface area contributed by atoms with Gasteiger partial charge in [0.1, 0.15) is 5.75 Å². The van der Waals surface area contributed by atoms with Crippen molar-refractivity contribution in [2.75, 3.05) is 0 Å². The second-order valence-corrected chi connectivity index (χ2v) is 2.32. The van der Waals surface area contributed by atoms with Crippen molar-refractivity contribution in [3.8, 4) is 5.75 Å². The minimum Gasteiger partial charge on any atom is -0.508 e. The molecular formula is C8H13ClN2O. The summed E-state index contributed by atoms with van der Waals surface area (Å²) in [5.74, 6) is 0.232. The summed E-state index contributed by atoms with van der Waals surface area (Å²) >= 11 is 0. The van der Waals surface area contributed by atoms with Crippen molar-refractivity contribution in [2.45, 2.75) is 13.1 Å². The maximum atomic E-state index is 9.29. The second kappa shape index (κ2) is 4.98. The van der Waals surface area contributed by atoms with Crippen molar-refractivity contribution in [3.05, 3.63) is 29.3 Å². The molecule has 0 unspecified atom stereocenters. The molecule has 0 amide bonds. The van der Waals surface area contributed by atoms with E-state index >= 15 is 0 Å². The second-order valence-electron chi connectivity index (χ2n) is 2.32. The summed E-state index contributed by atoms with van der Waals surface area (Å²) in [6.45, 7) is 0.750. The number of halogens is 1. The average Bonchev–Trinajstić information content (AvgIpc) is 2.04. The highest BCUT2D eigenvalue weighted by Crippen LogP contribution is 2.19. The van der Waals surface area contributed by atoms with Gasteiger partial charge in [0.25, 0.3) is 0 Å². The van der Waals surface area contributed by atoms with Gasteiger partial charge in [-0.3, -0.25) is 0 Å². The summed E-state index contributed by atoms with van der Waals surface area (Å²) in [6, 6.07) is 5.24. The van der Waals surface area contributed by atoms with Gasteiger partial charge in [-0.15, -0.1) is 12.4 Å². The Balaban J connectivity index is 0.00000121. The SMILES string of the molecule is Cl.NCc1cccc(O)c1CN. The van der Waals surface area contributed by atoms with Crippen LogP contribution in [0.4, 0.5) is 0 Å². The molecule has 0 bridgehead atoms. The number of benzene rings is 1. The molecule has 0 radical (unpaired) electrons. The van der Waals surface area contributed by atoms with Gasteiger partial charge in [0.05, 0.1) is 0 Å². The van der Waals surface area contributed by atoms with Gasteiger partial charge >= 0.3 is 0 Å². The van der Waals surface area contributed by atoms with E-state index in [1.54, 1.807) is 12.1 Å². The minimum absolute atomic E-state index is 0. The summed E-state index contributed by atoms with van der Waals surface area (Å²) in [5, 5.41) is 9.29. The van der Waals surface area contributed by atoms with Crippen molar-refractivity contribution < 1.29 is 5.11 Å². The third-order valence-corrected chi connectivity index (χ3v) is 1.67. The van der Waals surface area contributed by atoms with Crippen LogP contribution in [0.25, 0.3) is 0 Å². The Hall–Kier alpha value is -0.770. The molecule has 0 saturated carbocycles. The van der Waals surface area contributed by atoms with Crippen LogP contribution in [-0.4, -0.2) is 5.11 Å². The van der Waals surface area contributed by atoms with Crippen molar-refractivity contribution in [3.63, 3.8) is 0 Å². The van der Waals surface area contributed by atoms with Gasteiger partial charge in [0.15, 0.2) is 0 Å². The van der Waals surface area contributed by atoms with E-state index < -0.39 is 0 Å². The lowest BCUT2D eigenvalue weighted by molar-refractivity contribution is 0.467. The van der Waals surface area contributed by atoms with Crippen LogP contribution in [0, 0.1) is 0 Å². The molecular weight excluding hydrogens is 176 g/mol. The molecule has 0 fully saturated rings. The number of phenols is 1. The molecule has 0 heterocycles. The van der Waals surface area contributed by atoms with Crippen LogP contribution in [-0.2, 0) is 13.1 Å². The number of hydrogen-bond donors (Lipinski definition) is 3. The number of phenolic OH excluding ortho intramolecular Hbond substituents is 1. The molecule has 1 rings (SSSR count). The van der Waals surface area contributed by atoms with Crippen LogP contribution >= 0.6 is 12.4 Å². The summed E-state index contributed by atoms with van der Waals surface area (Å²) in [6.07, 6.45) is 0. The Labute approximate surface area is 77.8 Å². The number of hydrogen-bond acceptors (Lipinski definition) is 3. The fourth-order valence-corrected chi connectivity index (χ4v) is 1.05. The zero-order valence-corrected chi connectivity index (χ0v) is 7.47. The first-order valence-corrected chi connectivity index (χ1v) is 3.49. The predicted molar refractivity (Wildman–Crippen MR) is 51.1 cm³/mol. The van der Waals surface area contributed by atoms with E-state index in [4.69, 9.17) is 11.5 Å². The molecule has 0 aliphatic heterocycles. The monoisotopic (exact) mass is 188 g/mol. The Bertz CT molecular complexity index is 253.